The van der Waals surface area contributed by atoms with Crippen LogP contribution in [0.2, 0.25) is 0 Å². The van der Waals surface area contributed by atoms with Gasteiger partial charge < -0.3 is 9.72 Å². The molecule has 0 saturated heterocycles. The summed E-state index contributed by atoms with van der Waals surface area (Å²) in [5.74, 6) is 0.704. The van der Waals surface area contributed by atoms with E-state index in [-0.39, 0.29) is 0 Å². The number of aromatic nitrogens is 1. The van der Waals surface area contributed by atoms with Gasteiger partial charge in [-0.3, -0.25) is 4.79 Å². The average Bonchev–Trinajstić information content (AvgIpc) is 2.93. The fourth-order valence-corrected chi connectivity index (χ4v) is 2.60. The van der Waals surface area contributed by atoms with Gasteiger partial charge >= 0.3 is 0 Å². The SMILES string of the molecule is O=Cc1c[nH]c2c(Br)ccc(OCc3ccccc3)c12. The molecule has 0 spiro atoms. The Kier molecular flexibility index (Phi) is 3.56. The highest BCUT2D eigenvalue weighted by Gasteiger charge is 2.12. The van der Waals surface area contributed by atoms with Gasteiger partial charge in [-0.1, -0.05) is 30.3 Å². The Bertz CT molecular complexity index is 750. The maximum atomic E-state index is 11.1. The van der Waals surface area contributed by atoms with Gasteiger partial charge in [0.1, 0.15) is 12.4 Å². The fraction of sp³-hybridized carbons (Fsp3) is 0.0625. The lowest BCUT2D eigenvalue weighted by molar-refractivity contribution is 0.112. The van der Waals surface area contributed by atoms with E-state index in [1.54, 1.807) is 6.20 Å². The van der Waals surface area contributed by atoms with Gasteiger partial charge in [-0.2, -0.15) is 0 Å². The molecular weight excluding hydrogens is 318 g/mol. The molecule has 0 aliphatic rings. The van der Waals surface area contributed by atoms with E-state index in [1.807, 2.05) is 42.5 Å². The zero-order valence-electron chi connectivity index (χ0n) is 10.6. The van der Waals surface area contributed by atoms with E-state index < -0.39 is 0 Å². The molecule has 0 unspecified atom stereocenters. The Morgan fingerprint density at radius 2 is 1.95 bits per heavy atom. The van der Waals surface area contributed by atoms with Crippen molar-refractivity contribution < 1.29 is 9.53 Å². The number of halogens is 1. The molecule has 0 radical (unpaired) electrons. The number of benzene rings is 2. The van der Waals surface area contributed by atoms with Crippen molar-refractivity contribution >= 4 is 33.1 Å². The molecular formula is C16H12BrNO2. The number of carbonyl (C=O) groups is 1. The van der Waals surface area contributed by atoms with Crippen LogP contribution in [0.3, 0.4) is 0 Å². The number of aromatic amines is 1. The molecule has 0 atom stereocenters. The van der Waals surface area contributed by atoms with Gasteiger partial charge in [0.2, 0.25) is 0 Å². The lowest BCUT2D eigenvalue weighted by Gasteiger charge is -2.09. The first-order valence-corrected chi connectivity index (χ1v) is 7.00. The molecule has 1 heterocycles. The molecule has 20 heavy (non-hydrogen) atoms. The minimum Gasteiger partial charge on any atom is -0.488 e. The highest BCUT2D eigenvalue weighted by Crippen LogP contribution is 2.33. The Labute approximate surface area is 124 Å². The first kappa shape index (κ1) is 12.9. The van der Waals surface area contributed by atoms with E-state index >= 15 is 0 Å². The number of hydrogen-bond acceptors (Lipinski definition) is 2. The van der Waals surface area contributed by atoms with Crippen LogP contribution in [0.15, 0.2) is 53.1 Å². The van der Waals surface area contributed by atoms with E-state index in [0.717, 1.165) is 27.2 Å². The number of carbonyl (C=O) groups excluding carboxylic acids is 1. The first-order chi connectivity index (χ1) is 9.79. The summed E-state index contributed by atoms with van der Waals surface area (Å²) in [6.45, 7) is 0.473. The Morgan fingerprint density at radius 1 is 1.15 bits per heavy atom. The number of nitrogens with one attached hydrogen (secondary N) is 1. The van der Waals surface area contributed by atoms with Crippen LogP contribution in [0, 0.1) is 0 Å². The Morgan fingerprint density at radius 3 is 2.70 bits per heavy atom. The topological polar surface area (TPSA) is 42.1 Å². The maximum Gasteiger partial charge on any atom is 0.152 e. The van der Waals surface area contributed by atoms with Crippen LogP contribution in [0.25, 0.3) is 10.9 Å². The van der Waals surface area contributed by atoms with E-state index in [1.165, 1.54) is 0 Å². The van der Waals surface area contributed by atoms with Crippen LogP contribution in [-0.4, -0.2) is 11.3 Å². The summed E-state index contributed by atoms with van der Waals surface area (Å²) in [6, 6.07) is 13.7. The lowest BCUT2D eigenvalue weighted by atomic mass is 10.1. The number of H-pyrrole nitrogens is 1. The lowest BCUT2D eigenvalue weighted by Crippen LogP contribution is -1.96. The molecule has 0 aliphatic heterocycles. The number of fused-ring (bicyclic) bond motifs is 1. The van der Waals surface area contributed by atoms with Crippen molar-refractivity contribution in [3.63, 3.8) is 0 Å². The summed E-state index contributed by atoms with van der Waals surface area (Å²) in [6.07, 6.45) is 2.53. The smallest absolute Gasteiger partial charge is 0.152 e. The van der Waals surface area contributed by atoms with Crippen molar-refractivity contribution in [2.75, 3.05) is 0 Å². The van der Waals surface area contributed by atoms with Gasteiger partial charge in [0, 0.05) is 16.2 Å². The molecule has 2 aromatic carbocycles. The number of hydrogen-bond donors (Lipinski definition) is 1. The van der Waals surface area contributed by atoms with Crippen LogP contribution in [0.5, 0.6) is 5.75 Å². The zero-order chi connectivity index (χ0) is 13.9. The predicted molar refractivity (Wildman–Crippen MR) is 82.2 cm³/mol. The van der Waals surface area contributed by atoms with E-state index in [4.69, 9.17) is 4.74 Å². The summed E-state index contributed by atoms with van der Waals surface area (Å²) < 4.78 is 6.77. The fourth-order valence-electron chi connectivity index (χ4n) is 2.16. The quantitative estimate of drug-likeness (QED) is 0.724. The summed E-state index contributed by atoms with van der Waals surface area (Å²) in [5.41, 5.74) is 2.56. The first-order valence-electron chi connectivity index (χ1n) is 6.21. The molecule has 3 aromatic rings. The van der Waals surface area contributed by atoms with Crippen molar-refractivity contribution in [3.8, 4) is 5.75 Å². The van der Waals surface area contributed by atoms with Crippen molar-refractivity contribution in [2.24, 2.45) is 0 Å². The van der Waals surface area contributed by atoms with Crippen molar-refractivity contribution in [1.82, 2.24) is 4.98 Å². The van der Waals surface area contributed by atoms with Crippen LogP contribution in [0.1, 0.15) is 15.9 Å². The molecule has 0 saturated carbocycles. The summed E-state index contributed by atoms with van der Waals surface area (Å²) in [7, 11) is 0. The second-order valence-corrected chi connectivity index (χ2v) is 5.29. The van der Waals surface area contributed by atoms with E-state index in [9.17, 15) is 4.79 Å². The summed E-state index contributed by atoms with van der Waals surface area (Å²) >= 11 is 3.47. The standard InChI is InChI=1S/C16H12BrNO2/c17-13-6-7-14(15-12(9-19)8-18-16(13)15)20-10-11-4-2-1-3-5-11/h1-9,18H,10H2. The second kappa shape index (κ2) is 5.51. The molecule has 0 aliphatic carbocycles. The normalized spacial score (nSPS) is 10.7. The van der Waals surface area contributed by atoms with Crippen LogP contribution in [-0.2, 0) is 6.61 Å². The maximum absolute atomic E-state index is 11.1. The van der Waals surface area contributed by atoms with Crippen LogP contribution < -0.4 is 4.74 Å². The minimum absolute atomic E-state index is 0.473. The Balaban J connectivity index is 1.97. The summed E-state index contributed by atoms with van der Waals surface area (Å²) in [5, 5.41) is 0.810. The highest BCUT2D eigenvalue weighted by molar-refractivity contribution is 9.10. The van der Waals surface area contributed by atoms with E-state index in [0.29, 0.717) is 17.9 Å². The second-order valence-electron chi connectivity index (χ2n) is 4.43. The van der Waals surface area contributed by atoms with Gasteiger partial charge in [-0.15, -0.1) is 0 Å². The predicted octanol–water partition coefficient (Wildman–Crippen LogP) is 4.32. The number of aldehydes is 1. The molecule has 3 rings (SSSR count). The van der Waals surface area contributed by atoms with E-state index in [2.05, 4.69) is 20.9 Å². The number of ether oxygens (including phenoxy) is 1. The summed E-state index contributed by atoms with van der Waals surface area (Å²) in [4.78, 5) is 14.2. The molecule has 4 heteroatoms. The molecule has 3 nitrogen and oxygen atoms in total. The largest absolute Gasteiger partial charge is 0.488 e. The molecule has 0 fully saturated rings. The van der Waals surface area contributed by atoms with Gasteiger partial charge in [0.05, 0.1) is 10.9 Å². The molecule has 1 N–H and O–H groups in total. The van der Waals surface area contributed by atoms with Gasteiger partial charge in [0.25, 0.3) is 0 Å². The highest BCUT2D eigenvalue weighted by atomic mass is 79.9. The zero-order valence-corrected chi connectivity index (χ0v) is 12.2. The van der Waals surface area contributed by atoms with Crippen LogP contribution in [0.4, 0.5) is 0 Å². The minimum atomic E-state index is 0.473. The third kappa shape index (κ3) is 2.34. The van der Waals surface area contributed by atoms with Crippen LogP contribution >= 0.6 is 15.9 Å². The molecule has 0 bridgehead atoms. The monoisotopic (exact) mass is 329 g/mol. The number of rotatable bonds is 4. The van der Waals surface area contributed by atoms with Crippen molar-refractivity contribution in [2.45, 2.75) is 6.61 Å². The van der Waals surface area contributed by atoms with Gasteiger partial charge in [-0.25, -0.2) is 0 Å². The molecule has 0 amide bonds. The molecule has 100 valence electrons. The Hall–Kier alpha value is -2.07. The average molecular weight is 330 g/mol. The third-order valence-corrected chi connectivity index (χ3v) is 3.80. The third-order valence-electron chi connectivity index (χ3n) is 3.14. The van der Waals surface area contributed by atoms with Gasteiger partial charge in [0.15, 0.2) is 6.29 Å². The van der Waals surface area contributed by atoms with Crippen molar-refractivity contribution in [1.29, 1.82) is 0 Å². The molecule has 1 aromatic heterocycles. The van der Waals surface area contributed by atoms with Crippen molar-refractivity contribution in [3.05, 3.63) is 64.3 Å². The van der Waals surface area contributed by atoms with Gasteiger partial charge in [-0.05, 0) is 33.6 Å².